The molecule has 0 bridgehead atoms. The quantitative estimate of drug-likeness (QED) is 0.626. The second-order valence-corrected chi connectivity index (χ2v) is 6.45. The second-order valence-electron chi connectivity index (χ2n) is 6.45. The van der Waals surface area contributed by atoms with Gasteiger partial charge in [-0.15, -0.1) is 0 Å². The summed E-state index contributed by atoms with van der Waals surface area (Å²) in [6, 6.07) is 14.3. The SMILES string of the molecule is COc1ccc2[nH]c(C(=O)Nc3ccc(NC(=O)CN(C)C)cc3)cc2c1. The Hall–Kier alpha value is -3.32. The predicted octanol–water partition coefficient (Wildman–Crippen LogP) is 2.93. The number of aromatic nitrogens is 1. The van der Waals surface area contributed by atoms with Crippen molar-refractivity contribution in [3.63, 3.8) is 0 Å². The lowest BCUT2D eigenvalue weighted by Crippen LogP contribution is -2.27. The molecule has 7 nitrogen and oxygen atoms in total. The number of anilines is 2. The van der Waals surface area contributed by atoms with E-state index in [0.29, 0.717) is 23.6 Å². The summed E-state index contributed by atoms with van der Waals surface area (Å²) in [4.78, 5) is 29.1. The Balaban J connectivity index is 1.66. The number of H-pyrrole nitrogens is 1. The maximum Gasteiger partial charge on any atom is 0.272 e. The van der Waals surface area contributed by atoms with E-state index < -0.39 is 0 Å². The van der Waals surface area contributed by atoms with E-state index in [1.807, 2.05) is 32.3 Å². The molecule has 0 aliphatic heterocycles. The molecule has 0 fully saturated rings. The van der Waals surface area contributed by atoms with Gasteiger partial charge in [0.05, 0.1) is 13.7 Å². The van der Waals surface area contributed by atoms with Gasteiger partial charge in [0.25, 0.3) is 5.91 Å². The summed E-state index contributed by atoms with van der Waals surface area (Å²) in [5.74, 6) is 0.403. The molecule has 2 aromatic carbocycles. The van der Waals surface area contributed by atoms with Crippen molar-refractivity contribution in [2.75, 3.05) is 38.4 Å². The Labute approximate surface area is 157 Å². The van der Waals surface area contributed by atoms with Gasteiger partial charge in [0, 0.05) is 22.3 Å². The average molecular weight is 366 g/mol. The van der Waals surface area contributed by atoms with Crippen LogP contribution in [0, 0.1) is 0 Å². The summed E-state index contributed by atoms with van der Waals surface area (Å²) in [5.41, 5.74) is 2.64. The van der Waals surface area contributed by atoms with Crippen LogP contribution in [-0.2, 0) is 4.79 Å². The number of benzene rings is 2. The van der Waals surface area contributed by atoms with Crippen molar-refractivity contribution in [2.24, 2.45) is 0 Å². The van der Waals surface area contributed by atoms with Crippen LogP contribution in [0.4, 0.5) is 11.4 Å². The first kappa shape index (κ1) is 18.5. The fraction of sp³-hybridized carbons (Fsp3) is 0.200. The topological polar surface area (TPSA) is 86.5 Å². The molecular weight excluding hydrogens is 344 g/mol. The zero-order valence-electron chi connectivity index (χ0n) is 15.5. The average Bonchev–Trinajstić information content (AvgIpc) is 3.06. The van der Waals surface area contributed by atoms with Crippen molar-refractivity contribution in [1.82, 2.24) is 9.88 Å². The zero-order valence-corrected chi connectivity index (χ0v) is 15.5. The highest BCUT2D eigenvalue weighted by Gasteiger charge is 2.11. The molecule has 1 heterocycles. The third-order valence-electron chi connectivity index (χ3n) is 3.96. The molecule has 0 radical (unpaired) electrons. The molecule has 140 valence electrons. The lowest BCUT2D eigenvalue weighted by molar-refractivity contribution is -0.116. The summed E-state index contributed by atoms with van der Waals surface area (Å²) in [6.45, 7) is 0.309. The smallest absolute Gasteiger partial charge is 0.272 e. The van der Waals surface area contributed by atoms with Crippen LogP contribution in [0.1, 0.15) is 10.5 Å². The molecule has 3 rings (SSSR count). The summed E-state index contributed by atoms with van der Waals surface area (Å²) >= 11 is 0. The normalized spacial score (nSPS) is 10.8. The second kappa shape index (κ2) is 7.92. The highest BCUT2D eigenvalue weighted by molar-refractivity contribution is 6.06. The Bertz CT molecular complexity index is 961. The van der Waals surface area contributed by atoms with Crippen LogP contribution < -0.4 is 15.4 Å². The standard InChI is InChI=1S/C20H22N4O3/c1-24(2)12-19(25)21-14-4-6-15(7-5-14)22-20(26)18-11-13-10-16(27-3)8-9-17(13)23-18/h4-11,23H,12H2,1-3H3,(H,21,25)(H,22,26). The molecule has 3 N–H and O–H groups in total. The Morgan fingerprint density at radius 3 is 2.30 bits per heavy atom. The summed E-state index contributed by atoms with van der Waals surface area (Å²) in [5, 5.41) is 6.54. The molecule has 0 saturated carbocycles. The number of carbonyl (C=O) groups is 2. The first-order valence-electron chi connectivity index (χ1n) is 8.47. The molecule has 2 amide bonds. The van der Waals surface area contributed by atoms with E-state index in [2.05, 4.69) is 15.6 Å². The fourth-order valence-corrected chi connectivity index (χ4v) is 2.68. The van der Waals surface area contributed by atoms with Crippen LogP contribution in [0.2, 0.25) is 0 Å². The predicted molar refractivity (Wildman–Crippen MR) is 106 cm³/mol. The summed E-state index contributed by atoms with van der Waals surface area (Å²) < 4.78 is 5.20. The molecule has 3 aromatic rings. The minimum Gasteiger partial charge on any atom is -0.497 e. The Morgan fingerprint density at radius 2 is 1.67 bits per heavy atom. The molecule has 1 aromatic heterocycles. The van der Waals surface area contributed by atoms with Crippen LogP contribution in [-0.4, -0.2) is 49.4 Å². The molecule has 7 heteroatoms. The number of hydrogen-bond acceptors (Lipinski definition) is 4. The minimum atomic E-state index is -0.241. The summed E-state index contributed by atoms with van der Waals surface area (Å²) in [7, 11) is 5.27. The molecule has 27 heavy (non-hydrogen) atoms. The van der Waals surface area contributed by atoms with Crippen molar-refractivity contribution in [3.05, 3.63) is 54.2 Å². The van der Waals surface area contributed by atoms with E-state index in [1.165, 1.54) is 0 Å². The lowest BCUT2D eigenvalue weighted by Gasteiger charge is -2.10. The van der Waals surface area contributed by atoms with Crippen LogP contribution in [0.5, 0.6) is 5.75 Å². The molecule has 0 aliphatic carbocycles. The third kappa shape index (κ3) is 4.65. The van der Waals surface area contributed by atoms with E-state index in [1.54, 1.807) is 42.3 Å². The van der Waals surface area contributed by atoms with Gasteiger partial charge in [-0.1, -0.05) is 0 Å². The number of aromatic amines is 1. The summed E-state index contributed by atoms with van der Waals surface area (Å²) in [6.07, 6.45) is 0. The maximum atomic E-state index is 12.5. The van der Waals surface area contributed by atoms with E-state index in [9.17, 15) is 9.59 Å². The van der Waals surface area contributed by atoms with Crippen LogP contribution in [0.15, 0.2) is 48.5 Å². The number of nitrogens with zero attached hydrogens (tertiary/aromatic N) is 1. The molecular formula is C20H22N4O3. The lowest BCUT2D eigenvalue weighted by atomic mass is 10.2. The van der Waals surface area contributed by atoms with Crippen molar-refractivity contribution in [2.45, 2.75) is 0 Å². The van der Waals surface area contributed by atoms with E-state index in [4.69, 9.17) is 4.74 Å². The van der Waals surface area contributed by atoms with E-state index in [-0.39, 0.29) is 11.8 Å². The van der Waals surface area contributed by atoms with Crippen molar-refractivity contribution in [1.29, 1.82) is 0 Å². The van der Waals surface area contributed by atoms with Gasteiger partial charge in [0.2, 0.25) is 5.91 Å². The van der Waals surface area contributed by atoms with Gasteiger partial charge in [-0.25, -0.2) is 0 Å². The van der Waals surface area contributed by atoms with Gasteiger partial charge >= 0.3 is 0 Å². The number of methoxy groups -OCH3 is 1. The Morgan fingerprint density at radius 1 is 1.00 bits per heavy atom. The molecule has 0 unspecified atom stereocenters. The Kier molecular flexibility index (Phi) is 5.42. The van der Waals surface area contributed by atoms with Crippen LogP contribution >= 0.6 is 0 Å². The van der Waals surface area contributed by atoms with Gasteiger partial charge in [-0.2, -0.15) is 0 Å². The van der Waals surface area contributed by atoms with Crippen molar-refractivity contribution in [3.8, 4) is 5.75 Å². The number of carbonyl (C=O) groups excluding carboxylic acids is 2. The third-order valence-corrected chi connectivity index (χ3v) is 3.96. The monoisotopic (exact) mass is 366 g/mol. The number of likely N-dealkylation sites (N-methyl/N-ethyl adjacent to an activating group) is 1. The van der Waals surface area contributed by atoms with Crippen molar-refractivity contribution >= 4 is 34.1 Å². The number of amides is 2. The fourth-order valence-electron chi connectivity index (χ4n) is 2.68. The molecule has 0 aliphatic rings. The number of fused-ring (bicyclic) bond motifs is 1. The number of ether oxygens (including phenoxy) is 1. The van der Waals surface area contributed by atoms with Gasteiger partial charge < -0.3 is 25.3 Å². The van der Waals surface area contributed by atoms with Gasteiger partial charge in [0.1, 0.15) is 11.4 Å². The highest BCUT2D eigenvalue weighted by atomic mass is 16.5. The highest BCUT2D eigenvalue weighted by Crippen LogP contribution is 2.22. The zero-order chi connectivity index (χ0) is 19.4. The van der Waals surface area contributed by atoms with Crippen molar-refractivity contribution < 1.29 is 14.3 Å². The van der Waals surface area contributed by atoms with E-state index >= 15 is 0 Å². The minimum absolute atomic E-state index is 0.0923. The number of hydrogen-bond donors (Lipinski definition) is 3. The van der Waals surface area contributed by atoms with Crippen LogP contribution in [0.3, 0.4) is 0 Å². The first-order valence-corrected chi connectivity index (χ1v) is 8.47. The van der Waals surface area contributed by atoms with Crippen LogP contribution in [0.25, 0.3) is 10.9 Å². The van der Waals surface area contributed by atoms with Gasteiger partial charge in [-0.3, -0.25) is 9.59 Å². The molecule has 0 atom stereocenters. The number of rotatable bonds is 6. The largest absolute Gasteiger partial charge is 0.497 e. The number of nitrogens with one attached hydrogen (secondary N) is 3. The van der Waals surface area contributed by atoms with E-state index in [0.717, 1.165) is 16.7 Å². The van der Waals surface area contributed by atoms with Gasteiger partial charge in [-0.05, 0) is 62.6 Å². The van der Waals surface area contributed by atoms with Gasteiger partial charge in [0.15, 0.2) is 0 Å². The first-order chi connectivity index (χ1) is 12.9. The molecule has 0 saturated heterocycles. The molecule has 0 spiro atoms. The maximum absolute atomic E-state index is 12.5.